The number of likely N-dealkylation sites (tertiary alicyclic amines) is 1. The summed E-state index contributed by atoms with van der Waals surface area (Å²) in [6.07, 6.45) is 4.00. The molecule has 0 aliphatic carbocycles. The van der Waals surface area contributed by atoms with Crippen molar-refractivity contribution in [1.82, 2.24) is 10.2 Å². The third-order valence-corrected chi connectivity index (χ3v) is 6.81. The van der Waals surface area contributed by atoms with E-state index in [4.69, 9.17) is 0 Å². The van der Waals surface area contributed by atoms with Crippen LogP contribution < -0.4 is 9.62 Å². The number of benzene rings is 2. The number of nitrogens with zero attached hydrogens (tertiary/aromatic N) is 3. The standard InChI is InChI=1S/C23H30N4O5S/c1-33(31,32)26(21-6-4-7-22(16-21)27(29)30)15-5-8-23(28)24-17-19-9-11-20(12-10-19)18-25-13-2-3-14-25/h4,6-7,9-12,16H,2-3,5,8,13-15,17-18H2,1H3,(H,24,28). The summed E-state index contributed by atoms with van der Waals surface area (Å²) in [6, 6.07) is 13.7. The van der Waals surface area contributed by atoms with Crippen LogP contribution >= 0.6 is 0 Å². The van der Waals surface area contributed by atoms with E-state index < -0.39 is 14.9 Å². The van der Waals surface area contributed by atoms with Crippen LogP contribution in [0.1, 0.15) is 36.8 Å². The van der Waals surface area contributed by atoms with Crippen LogP contribution in [0.4, 0.5) is 11.4 Å². The Morgan fingerprint density at radius 2 is 1.79 bits per heavy atom. The van der Waals surface area contributed by atoms with Gasteiger partial charge in [-0.05, 0) is 49.5 Å². The molecule has 0 saturated carbocycles. The highest BCUT2D eigenvalue weighted by molar-refractivity contribution is 7.92. The SMILES string of the molecule is CS(=O)(=O)N(CCCC(=O)NCc1ccc(CN2CCCC2)cc1)c1cccc([N+](=O)[O-])c1. The molecule has 0 radical (unpaired) electrons. The minimum Gasteiger partial charge on any atom is -0.352 e. The third-order valence-electron chi connectivity index (χ3n) is 5.61. The zero-order valence-corrected chi connectivity index (χ0v) is 19.6. The summed E-state index contributed by atoms with van der Waals surface area (Å²) >= 11 is 0. The van der Waals surface area contributed by atoms with E-state index in [2.05, 4.69) is 22.3 Å². The molecule has 1 fully saturated rings. The van der Waals surface area contributed by atoms with Crippen LogP contribution in [0, 0.1) is 10.1 Å². The monoisotopic (exact) mass is 474 g/mol. The zero-order valence-electron chi connectivity index (χ0n) is 18.8. The number of rotatable bonds is 11. The molecule has 3 rings (SSSR count). The van der Waals surface area contributed by atoms with E-state index in [1.807, 2.05) is 12.1 Å². The third kappa shape index (κ3) is 7.54. The molecule has 1 aliphatic rings. The zero-order chi connectivity index (χ0) is 23.8. The maximum absolute atomic E-state index is 12.2. The Kier molecular flexibility index (Phi) is 8.40. The second kappa shape index (κ2) is 11.2. The molecule has 2 aromatic rings. The van der Waals surface area contributed by atoms with E-state index >= 15 is 0 Å². The number of carbonyl (C=O) groups is 1. The van der Waals surface area contributed by atoms with Gasteiger partial charge in [-0.1, -0.05) is 30.3 Å². The first-order valence-electron chi connectivity index (χ1n) is 11.0. The number of hydrogen-bond donors (Lipinski definition) is 1. The van der Waals surface area contributed by atoms with Crippen molar-refractivity contribution in [2.24, 2.45) is 0 Å². The fourth-order valence-electron chi connectivity index (χ4n) is 3.88. The molecule has 0 spiro atoms. The molecule has 1 saturated heterocycles. The summed E-state index contributed by atoms with van der Waals surface area (Å²) < 4.78 is 25.5. The molecule has 33 heavy (non-hydrogen) atoms. The molecule has 1 N–H and O–H groups in total. The maximum Gasteiger partial charge on any atom is 0.271 e. The van der Waals surface area contributed by atoms with Gasteiger partial charge >= 0.3 is 0 Å². The highest BCUT2D eigenvalue weighted by atomic mass is 32.2. The molecule has 2 aromatic carbocycles. The molecule has 1 aliphatic heterocycles. The van der Waals surface area contributed by atoms with E-state index in [-0.39, 0.29) is 36.7 Å². The van der Waals surface area contributed by atoms with Crippen molar-refractivity contribution < 1.29 is 18.1 Å². The van der Waals surface area contributed by atoms with Gasteiger partial charge in [-0.25, -0.2) is 8.42 Å². The van der Waals surface area contributed by atoms with Gasteiger partial charge in [0, 0.05) is 38.2 Å². The summed E-state index contributed by atoms with van der Waals surface area (Å²) in [5, 5.41) is 13.9. The molecule has 1 amide bonds. The lowest BCUT2D eigenvalue weighted by Gasteiger charge is -2.22. The Balaban J connectivity index is 1.47. The van der Waals surface area contributed by atoms with E-state index in [1.165, 1.54) is 42.7 Å². The second-order valence-corrected chi connectivity index (χ2v) is 10.2. The van der Waals surface area contributed by atoms with Gasteiger partial charge in [0.25, 0.3) is 5.69 Å². The van der Waals surface area contributed by atoms with Crippen molar-refractivity contribution in [2.75, 3.05) is 30.2 Å². The smallest absolute Gasteiger partial charge is 0.271 e. The van der Waals surface area contributed by atoms with E-state index in [0.717, 1.165) is 35.8 Å². The second-order valence-electron chi connectivity index (χ2n) is 8.29. The predicted octanol–water partition coefficient (Wildman–Crippen LogP) is 3.05. The predicted molar refractivity (Wildman–Crippen MR) is 127 cm³/mol. The van der Waals surface area contributed by atoms with E-state index in [9.17, 15) is 23.3 Å². The van der Waals surface area contributed by atoms with Gasteiger partial charge in [0.15, 0.2) is 0 Å². The van der Waals surface area contributed by atoms with Crippen LogP contribution in [0.15, 0.2) is 48.5 Å². The summed E-state index contributed by atoms with van der Waals surface area (Å²) in [6.45, 7) is 3.71. The Morgan fingerprint density at radius 1 is 1.12 bits per heavy atom. The van der Waals surface area contributed by atoms with Gasteiger partial charge in [0.05, 0.1) is 16.9 Å². The number of carbonyl (C=O) groups excluding carboxylic acids is 1. The van der Waals surface area contributed by atoms with Gasteiger partial charge in [-0.2, -0.15) is 0 Å². The highest BCUT2D eigenvalue weighted by Crippen LogP contribution is 2.23. The lowest BCUT2D eigenvalue weighted by molar-refractivity contribution is -0.384. The molecular weight excluding hydrogens is 444 g/mol. The Bertz CT molecular complexity index is 1070. The minimum absolute atomic E-state index is 0.0542. The number of non-ortho nitro benzene ring substituents is 1. The number of amides is 1. The number of nitrogens with one attached hydrogen (secondary N) is 1. The van der Waals surface area contributed by atoms with Crippen molar-refractivity contribution in [3.8, 4) is 0 Å². The van der Waals surface area contributed by atoms with Gasteiger partial charge < -0.3 is 5.32 Å². The van der Waals surface area contributed by atoms with Crippen molar-refractivity contribution in [1.29, 1.82) is 0 Å². The molecule has 0 aromatic heterocycles. The van der Waals surface area contributed by atoms with Crippen molar-refractivity contribution in [3.63, 3.8) is 0 Å². The van der Waals surface area contributed by atoms with Crippen molar-refractivity contribution >= 4 is 27.3 Å². The quantitative estimate of drug-likeness (QED) is 0.396. The average molecular weight is 475 g/mol. The maximum atomic E-state index is 12.2. The molecular formula is C23H30N4O5S. The highest BCUT2D eigenvalue weighted by Gasteiger charge is 2.20. The molecule has 1 heterocycles. The van der Waals surface area contributed by atoms with Crippen LogP contribution in [-0.2, 0) is 27.9 Å². The molecule has 178 valence electrons. The largest absolute Gasteiger partial charge is 0.352 e. The first-order chi connectivity index (χ1) is 15.7. The fraction of sp³-hybridized carbons (Fsp3) is 0.435. The first-order valence-corrected chi connectivity index (χ1v) is 12.9. The van der Waals surface area contributed by atoms with Crippen molar-refractivity contribution in [3.05, 3.63) is 69.8 Å². The molecule has 9 nitrogen and oxygen atoms in total. The molecule has 0 unspecified atom stereocenters. The summed E-state index contributed by atoms with van der Waals surface area (Å²) in [5.74, 6) is -0.177. The van der Waals surface area contributed by atoms with E-state index in [0.29, 0.717) is 6.54 Å². The summed E-state index contributed by atoms with van der Waals surface area (Å²) in [5.41, 5.74) is 2.28. The van der Waals surface area contributed by atoms with Gasteiger partial charge in [0.1, 0.15) is 0 Å². The van der Waals surface area contributed by atoms with Crippen LogP contribution in [0.5, 0.6) is 0 Å². The van der Waals surface area contributed by atoms with Crippen LogP contribution in [0.2, 0.25) is 0 Å². The number of nitro benzene ring substituents is 1. The summed E-state index contributed by atoms with van der Waals surface area (Å²) in [7, 11) is -3.65. The Hall–Kier alpha value is -2.98. The van der Waals surface area contributed by atoms with E-state index in [1.54, 1.807) is 0 Å². The molecule has 0 bridgehead atoms. The number of anilines is 1. The van der Waals surface area contributed by atoms with Crippen LogP contribution in [-0.4, -0.2) is 50.0 Å². The van der Waals surface area contributed by atoms with Gasteiger partial charge in [0.2, 0.25) is 15.9 Å². The number of nitro groups is 1. The number of sulfonamides is 1. The van der Waals surface area contributed by atoms with Gasteiger partial charge in [-0.15, -0.1) is 0 Å². The fourth-order valence-corrected chi connectivity index (χ4v) is 4.84. The topological polar surface area (TPSA) is 113 Å². The normalized spacial score (nSPS) is 14.2. The lowest BCUT2D eigenvalue weighted by Crippen LogP contribution is -2.32. The Labute approximate surface area is 194 Å². The van der Waals surface area contributed by atoms with Crippen molar-refractivity contribution in [2.45, 2.75) is 38.8 Å². The van der Waals surface area contributed by atoms with Gasteiger partial charge in [-0.3, -0.25) is 24.1 Å². The average Bonchev–Trinajstić information content (AvgIpc) is 3.28. The Morgan fingerprint density at radius 3 is 2.42 bits per heavy atom. The minimum atomic E-state index is -3.65. The molecule has 0 atom stereocenters. The van der Waals surface area contributed by atoms with Crippen LogP contribution in [0.3, 0.4) is 0 Å². The summed E-state index contributed by atoms with van der Waals surface area (Å²) in [4.78, 5) is 25.1. The first kappa shape index (κ1) is 24.7. The lowest BCUT2D eigenvalue weighted by atomic mass is 10.1. The van der Waals surface area contributed by atoms with Crippen LogP contribution in [0.25, 0.3) is 0 Å². The molecule has 10 heteroatoms. The number of hydrogen-bond acceptors (Lipinski definition) is 6.